The van der Waals surface area contributed by atoms with E-state index in [1.165, 1.54) is 21.9 Å². The lowest BCUT2D eigenvalue weighted by molar-refractivity contribution is 0.391. The zero-order valence-electron chi connectivity index (χ0n) is 16.7. The molecule has 0 fully saturated rings. The first-order valence-electron chi connectivity index (χ1n) is 10.2. The third-order valence-corrected chi connectivity index (χ3v) is 6.22. The first kappa shape index (κ1) is 19.8. The zero-order valence-corrected chi connectivity index (χ0v) is 17.5. The average Bonchev–Trinajstić information content (AvgIpc) is 2.78. The number of rotatable bonds is 6. The molecule has 0 unspecified atom stereocenters. The quantitative estimate of drug-likeness (QED) is 0.364. The minimum Gasteiger partial charge on any atom is -0.338 e. The van der Waals surface area contributed by atoms with Crippen LogP contribution in [0.4, 0.5) is 5.69 Å². The van der Waals surface area contributed by atoms with Gasteiger partial charge in [-0.3, -0.25) is 4.99 Å². The minimum absolute atomic E-state index is 0.721. The van der Waals surface area contributed by atoms with Crippen molar-refractivity contribution in [1.82, 2.24) is 4.90 Å². The van der Waals surface area contributed by atoms with Crippen molar-refractivity contribution < 1.29 is 0 Å². The molecule has 0 aromatic heterocycles. The molecule has 3 aromatic rings. The largest absolute Gasteiger partial charge is 0.338 e. The van der Waals surface area contributed by atoms with Gasteiger partial charge in [0.15, 0.2) is 5.96 Å². The Hall–Kier alpha value is -2.50. The van der Waals surface area contributed by atoms with E-state index in [1.807, 2.05) is 11.8 Å². The molecule has 1 heterocycles. The molecule has 150 valence electrons. The predicted molar refractivity (Wildman–Crippen MR) is 127 cm³/mol. The molecule has 0 atom stereocenters. The van der Waals surface area contributed by atoms with Gasteiger partial charge < -0.3 is 16.0 Å². The summed E-state index contributed by atoms with van der Waals surface area (Å²) in [6, 6.07) is 23.6. The molecule has 1 aliphatic rings. The highest BCUT2D eigenvalue weighted by Crippen LogP contribution is 2.25. The number of nitrogens with zero attached hydrogens (tertiary/aromatic N) is 2. The Balaban J connectivity index is 1.57. The third-order valence-electron chi connectivity index (χ3n) is 5.23. The van der Waals surface area contributed by atoms with E-state index < -0.39 is 0 Å². The fraction of sp³-hybridized carbons (Fsp3) is 0.292. The summed E-state index contributed by atoms with van der Waals surface area (Å²) in [7, 11) is 0. The summed E-state index contributed by atoms with van der Waals surface area (Å²) in [5, 5.41) is 6.11. The smallest absolute Gasteiger partial charge is 0.198 e. The molecule has 0 saturated heterocycles. The van der Waals surface area contributed by atoms with Crippen LogP contribution in [0.1, 0.15) is 11.1 Å². The topological polar surface area (TPSA) is 53.6 Å². The Kier molecular flexibility index (Phi) is 6.70. The highest BCUT2D eigenvalue weighted by atomic mass is 32.2. The van der Waals surface area contributed by atoms with E-state index in [-0.39, 0.29) is 0 Å². The van der Waals surface area contributed by atoms with Crippen molar-refractivity contribution in [3.05, 3.63) is 77.9 Å². The van der Waals surface area contributed by atoms with E-state index in [0.717, 1.165) is 55.8 Å². The molecule has 0 aliphatic carbocycles. The van der Waals surface area contributed by atoms with Crippen molar-refractivity contribution in [3.63, 3.8) is 0 Å². The maximum atomic E-state index is 5.61. The maximum Gasteiger partial charge on any atom is 0.198 e. The van der Waals surface area contributed by atoms with E-state index in [1.54, 1.807) is 0 Å². The SMILES string of the molecule is NCCSCCN=C(Nc1cccc2ccccc12)N1CCc2ccccc2C1. The van der Waals surface area contributed by atoms with E-state index in [4.69, 9.17) is 10.7 Å². The van der Waals surface area contributed by atoms with E-state index in [9.17, 15) is 0 Å². The molecular weight excluding hydrogens is 376 g/mol. The first-order chi connectivity index (χ1) is 14.3. The van der Waals surface area contributed by atoms with Crippen LogP contribution in [0.2, 0.25) is 0 Å². The summed E-state index contributed by atoms with van der Waals surface area (Å²) in [4.78, 5) is 7.34. The van der Waals surface area contributed by atoms with Crippen LogP contribution < -0.4 is 11.1 Å². The first-order valence-corrected chi connectivity index (χ1v) is 11.4. The fourth-order valence-electron chi connectivity index (χ4n) is 3.75. The van der Waals surface area contributed by atoms with E-state index in [0.29, 0.717) is 0 Å². The van der Waals surface area contributed by atoms with Gasteiger partial charge in [0.1, 0.15) is 0 Å². The molecule has 3 N–H and O–H groups in total. The lowest BCUT2D eigenvalue weighted by Crippen LogP contribution is -2.40. The Morgan fingerprint density at radius 3 is 2.66 bits per heavy atom. The average molecular weight is 405 g/mol. The number of hydrogen-bond acceptors (Lipinski definition) is 3. The van der Waals surface area contributed by atoms with Crippen molar-refractivity contribution >= 4 is 34.2 Å². The van der Waals surface area contributed by atoms with Crippen LogP contribution in [0, 0.1) is 0 Å². The van der Waals surface area contributed by atoms with Crippen LogP contribution in [-0.2, 0) is 13.0 Å². The second-order valence-electron chi connectivity index (χ2n) is 7.20. The Labute approximate surface area is 177 Å². The second-order valence-corrected chi connectivity index (χ2v) is 8.42. The molecule has 0 bridgehead atoms. The number of anilines is 1. The van der Waals surface area contributed by atoms with Crippen LogP contribution in [-0.4, -0.2) is 42.0 Å². The molecule has 0 saturated carbocycles. The Bertz CT molecular complexity index is 980. The van der Waals surface area contributed by atoms with E-state index >= 15 is 0 Å². The van der Waals surface area contributed by atoms with E-state index in [2.05, 4.69) is 76.9 Å². The number of nitrogens with two attached hydrogens (primary N) is 1. The fourth-order valence-corrected chi connectivity index (χ4v) is 4.34. The van der Waals surface area contributed by atoms with Crippen LogP contribution in [0.25, 0.3) is 10.8 Å². The summed E-state index contributed by atoms with van der Waals surface area (Å²) in [5.41, 5.74) is 9.56. The van der Waals surface area contributed by atoms with Crippen molar-refractivity contribution in [3.8, 4) is 0 Å². The molecule has 4 nitrogen and oxygen atoms in total. The number of aliphatic imine (C=N–C) groups is 1. The minimum atomic E-state index is 0.721. The zero-order chi connectivity index (χ0) is 19.9. The van der Waals surface area contributed by atoms with Crippen LogP contribution in [0.15, 0.2) is 71.7 Å². The third kappa shape index (κ3) is 4.92. The van der Waals surface area contributed by atoms with Crippen molar-refractivity contribution in [2.24, 2.45) is 10.7 Å². The lowest BCUT2D eigenvalue weighted by atomic mass is 10.0. The van der Waals surface area contributed by atoms with Crippen molar-refractivity contribution in [2.75, 3.05) is 36.5 Å². The molecule has 4 rings (SSSR count). The van der Waals surface area contributed by atoms with Gasteiger partial charge >= 0.3 is 0 Å². The predicted octanol–water partition coefficient (Wildman–Crippen LogP) is 4.36. The number of benzene rings is 3. The number of fused-ring (bicyclic) bond motifs is 2. The molecule has 1 aliphatic heterocycles. The Morgan fingerprint density at radius 2 is 1.76 bits per heavy atom. The van der Waals surface area contributed by atoms with Crippen LogP contribution >= 0.6 is 11.8 Å². The highest BCUT2D eigenvalue weighted by Gasteiger charge is 2.19. The maximum absolute atomic E-state index is 5.61. The van der Waals surface area contributed by atoms with Gasteiger partial charge in [-0.05, 0) is 29.0 Å². The van der Waals surface area contributed by atoms with Gasteiger partial charge in [0.2, 0.25) is 0 Å². The van der Waals surface area contributed by atoms with Gasteiger partial charge in [-0.25, -0.2) is 0 Å². The summed E-state index contributed by atoms with van der Waals surface area (Å²) in [6.45, 7) is 3.38. The molecule has 0 radical (unpaired) electrons. The van der Waals surface area contributed by atoms with Gasteiger partial charge in [-0.1, -0.05) is 60.7 Å². The number of thioether (sulfide) groups is 1. The molecule has 3 aromatic carbocycles. The van der Waals surface area contributed by atoms with Gasteiger partial charge in [0.25, 0.3) is 0 Å². The summed E-state index contributed by atoms with van der Waals surface area (Å²) in [5.74, 6) is 2.94. The van der Waals surface area contributed by atoms with Gasteiger partial charge in [0.05, 0.1) is 6.54 Å². The number of guanidine groups is 1. The normalized spacial score (nSPS) is 14.1. The lowest BCUT2D eigenvalue weighted by Gasteiger charge is -2.32. The van der Waals surface area contributed by atoms with Gasteiger partial charge in [-0.15, -0.1) is 0 Å². The second kappa shape index (κ2) is 9.81. The summed E-state index contributed by atoms with van der Waals surface area (Å²) >= 11 is 1.86. The summed E-state index contributed by atoms with van der Waals surface area (Å²) in [6.07, 6.45) is 1.05. The molecular formula is C24H28N4S. The van der Waals surface area contributed by atoms with Crippen LogP contribution in [0.5, 0.6) is 0 Å². The van der Waals surface area contributed by atoms with Gasteiger partial charge in [-0.2, -0.15) is 11.8 Å². The Morgan fingerprint density at radius 1 is 0.966 bits per heavy atom. The molecule has 0 spiro atoms. The van der Waals surface area contributed by atoms with Gasteiger partial charge in [0, 0.05) is 42.2 Å². The molecule has 29 heavy (non-hydrogen) atoms. The molecule has 5 heteroatoms. The number of hydrogen-bond donors (Lipinski definition) is 2. The highest BCUT2D eigenvalue weighted by molar-refractivity contribution is 7.99. The summed E-state index contributed by atoms with van der Waals surface area (Å²) < 4.78 is 0. The van der Waals surface area contributed by atoms with Crippen LogP contribution in [0.3, 0.4) is 0 Å². The monoisotopic (exact) mass is 404 g/mol. The van der Waals surface area contributed by atoms with Crippen molar-refractivity contribution in [2.45, 2.75) is 13.0 Å². The molecule has 0 amide bonds. The van der Waals surface area contributed by atoms with Crippen molar-refractivity contribution in [1.29, 1.82) is 0 Å². The standard InChI is InChI=1S/C24H28N4S/c25-13-16-29-17-14-26-24(28-15-12-19-6-1-2-8-21(19)18-28)27-23-11-5-9-20-7-3-4-10-22(20)23/h1-11H,12-18,25H2,(H,26,27). The number of nitrogens with one attached hydrogen (secondary N) is 1.